The number of anilines is 2. The minimum atomic E-state index is -1.26. The maximum Gasteiger partial charge on any atom is 0.347 e. The molecule has 7 nitrogen and oxygen atoms in total. The van der Waals surface area contributed by atoms with Crippen molar-refractivity contribution >= 4 is 33.2 Å². The number of nitrogens with one attached hydrogen (secondary N) is 1. The molecule has 3 atom stereocenters. The van der Waals surface area contributed by atoms with Crippen molar-refractivity contribution in [3.05, 3.63) is 57.9 Å². The minimum Gasteiger partial charge on any atom is -0.399 e. The average Bonchev–Trinajstić information content (AvgIpc) is 3.54. The first-order valence-electron chi connectivity index (χ1n) is 11.1. The lowest BCUT2D eigenvalue weighted by Crippen LogP contribution is -2.32. The van der Waals surface area contributed by atoms with Gasteiger partial charge in [-0.3, -0.25) is 4.98 Å². The van der Waals surface area contributed by atoms with Gasteiger partial charge in [-0.1, -0.05) is 5.92 Å². The number of nitrogen functional groups attached to an aromatic ring is 1. The second-order valence-electron chi connectivity index (χ2n) is 8.75. The molecule has 0 amide bonds. The van der Waals surface area contributed by atoms with Crippen LogP contribution >= 0.6 is 0 Å². The molecule has 1 aliphatic heterocycles. The second-order valence-corrected chi connectivity index (χ2v) is 8.75. The highest BCUT2D eigenvalue weighted by Crippen LogP contribution is 2.42. The van der Waals surface area contributed by atoms with Gasteiger partial charge in [-0.25, -0.2) is 22.4 Å². The van der Waals surface area contributed by atoms with E-state index in [0.717, 1.165) is 6.07 Å². The fraction of sp³-hybridized carbons (Fsp3) is 0.240. The number of halogens is 4. The van der Waals surface area contributed by atoms with Crippen LogP contribution in [0, 0.1) is 29.8 Å². The summed E-state index contributed by atoms with van der Waals surface area (Å²) in [7, 11) is 0. The predicted molar refractivity (Wildman–Crippen MR) is 126 cm³/mol. The second kappa shape index (κ2) is 7.93. The monoisotopic (exact) mass is 495 g/mol. The SMILES string of the molecule is C#Cc1c(F)c(F)cc2cc(N)cc(-c3ncc4c(N5CCCOC6[C@@H](F)[C@@H]65)nc(=O)[nH]c4c3F)c12. The zero-order valence-electron chi connectivity index (χ0n) is 18.5. The molecule has 0 radical (unpaired) electrons. The van der Waals surface area contributed by atoms with Crippen LogP contribution in [0.1, 0.15) is 12.0 Å². The number of aromatic amines is 1. The number of ether oxygens (including phenoxy) is 1. The maximum atomic E-state index is 16.0. The number of rotatable bonds is 2. The van der Waals surface area contributed by atoms with E-state index >= 15 is 4.39 Å². The van der Waals surface area contributed by atoms with E-state index in [4.69, 9.17) is 16.9 Å². The van der Waals surface area contributed by atoms with Gasteiger partial charge in [0.25, 0.3) is 0 Å². The van der Waals surface area contributed by atoms with E-state index in [1.165, 1.54) is 18.3 Å². The van der Waals surface area contributed by atoms with E-state index in [2.05, 4.69) is 20.9 Å². The van der Waals surface area contributed by atoms with Crippen molar-refractivity contribution in [1.82, 2.24) is 15.0 Å². The van der Waals surface area contributed by atoms with Crippen LogP contribution in [0.25, 0.3) is 32.9 Å². The average molecular weight is 495 g/mol. The van der Waals surface area contributed by atoms with Gasteiger partial charge in [0.2, 0.25) is 0 Å². The Morgan fingerprint density at radius 3 is 2.81 bits per heavy atom. The van der Waals surface area contributed by atoms with Crippen molar-refractivity contribution in [2.75, 3.05) is 23.8 Å². The van der Waals surface area contributed by atoms with Gasteiger partial charge in [0.15, 0.2) is 23.6 Å². The third-order valence-electron chi connectivity index (χ3n) is 6.57. The smallest absolute Gasteiger partial charge is 0.347 e. The van der Waals surface area contributed by atoms with Gasteiger partial charge in [-0.15, -0.1) is 6.42 Å². The number of fused-ring (bicyclic) bond motifs is 3. The zero-order valence-corrected chi connectivity index (χ0v) is 18.5. The molecule has 36 heavy (non-hydrogen) atoms. The number of pyridine rings is 1. The van der Waals surface area contributed by atoms with Gasteiger partial charge in [0.1, 0.15) is 17.6 Å². The van der Waals surface area contributed by atoms with Crippen LogP contribution in [0.15, 0.2) is 29.2 Å². The third kappa shape index (κ3) is 3.21. The summed E-state index contributed by atoms with van der Waals surface area (Å²) < 4.78 is 64.4. The molecule has 2 fully saturated rings. The molecule has 2 aromatic carbocycles. The maximum absolute atomic E-state index is 16.0. The highest BCUT2D eigenvalue weighted by atomic mass is 19.2. The van der Waals surface area contributed by atoms with Gasteiger partial charge >= 0.3 is 5.69 Å². The minimum absolute atomic E-state index is 0.0183. The summed E-state index contributed by atoms with van der Waals surface area (Å²) in [4.78, 5) is 24.6. The quantitative estimate of drug-likeness (QED) is 0.251. The topological polar surface area (TPSA) is 97.1 Å². The van der Waals surface area contributed by atoms with Crippen LogP contribution in [-0.2, 0) is 4.74 Å². The molecule has 0 bridgehead atoms. The molecule has 2 aliphatic rings. The largest absolute Gasteiger partial charge is 0.399 e. The molecular weight excluding hydrogens is 478 g/mol. The number of alkyl halides is 1. The molecule has 1 aliphatic carbocycles. The van der Waals surface area contributed by atoms with E-state index in [1.807, 2.05) is 0 Å². The molecule has 0 spiro atoms. The molecule has 3 N–H and O–H groups in total. The van der Waals surface area contributed by atoms with Crippen molar-refractivity contribution in [2.45, 2.75) is 24.7 Å². The summed E-state index contributed by atoms with van der Waals surface area (Å²) in [5.41, 5.74) is 4.33. The van der Waals surface area contributed by atoms with Gasteiger partial charge in [-0.2, -0.15) is 4.98 Å². The van der Waals surface area contributed by atoms with Gasteiger partial charge in [-0.05, 0) is 30.0 Å². The van der Waals surface area contributed by atoms with E-state index in [-0.39, 0.29) is 44.4 Å². The first kappa shape index (κ1) is 22.3. The highest BCUT2D eigenvalue weighted by molar-refractivity contribution is 6.03. The molecule has 182 valence electrons. The zero-order chi connectivity index (χ0) is 25.3. The van der Waals surface area contributed by atoms with Crippen molar-refractivity contribution in [2.24, 2.45) is 0 Å². The Morgan fingerprint density at radius 1 is 1.22 bits per heavy atom. The molecule has 2 aromatic heterocycles. The number of terminal acetylenes is 1. The van der Waals surface area contributed by atoms with Crippen LogP contribution in [0.5, 0.6) is 0 Å². The third-order valence-corrected chi connectivity index (χ3v) is 6.57. The van der Waals surface area contributed by atoms with Crippen LogP contribution in [-0.4, -0.2) is 46.4 Å². The fourth-order valence-corrected chi connectivity index (χ4v) is 4.93. The highest BCUT2D eigenvalue weighted by Gasteiger charge is 2.57. The number of hydrogen-bond acceptors (Lipinski definition) is 6. The molecular formula is C25H17F4N5O2. The number of nitrogens with two attached hydrogens (primary N) is 1. The molecule has 1 saturated carbocycles. The van der Waals surface area contributed by atoms with E-state index in [9.17, 15) is 18.0 Å². The molecule has 1 saturated heterocycles. The number of H-pyrrole nitrogens is 1. The lowest BCUT2D eigenvalue weighted by atomic mass is 9.95. The van der Waals surface area contributed by atoms with Gasteiger partial charge in [0.05, 0.1) is 22.5 Å². The van der Waals surface area contributed by atoms with E-state index < -0.39 is 47.0 Å². The fourth-order valence-electron chi connectivity index (χ4n) is 4.93. The van der Waals surface area contributed by atoms with Crippen molar-refractivity contribution in [3.63, 3.8) is 0 Å². The summed E-state index contributed by atoms with van der Waals surface area (Å²) in [5, 5.41) is 0.345. The Bertz CT molecular complexity index is 1680. The number of hydrogen-bond donors (Lipinski definition) is 2. The summed E-state index contributed by atoms with van der Waals surface area (Å²) in [6.45, 7) is 0.708. The summed E-state index contributed by atoms with van der Waals surface area (Å²) in [5.74, 6) is -1.19. The normalized spacial score (nSPS) is 21.3. The Balaban J connectivity index is 1.61. The van der Waals surface area contributed by atoms with Crippen LogP contribution in [0.2, 0.25) is 0 Å². The van der Waals surface area contributed by atoms with E-state index in [0.29, 0.717) is 19.6 Å². The summed E-state index contributed by atoms with van der Waals surface area (Å²) in [6.07, 6.45) is 5.41. The lowest BCUT2D eigenvalue weighted by molar-refractivity contribution is 0.105. The Morgan fingerprint density at radius 2 is 2.03 bits per heavy atom. The lowest BCUT2D eigenvalue weighted by Gasteiger charge is -2.23. The first-order chi connectivity index (χ1) is 17.3. The molecule has 3 heterocycles. The number of benzene rings is 2. The molecule has 4 aromatic rings. The van der Waals surface area contributed by atoms with Crippen molar-refractivity contribution in [1.29, 1.82) is 0 Å². The Labute approximate surface area is 200 Å². The summed E-state index contributed by atoms with van der Waals surface area (Å²) in [6, 6.07) is 3.00. The standard InChI is InChI=1S/C25H17F4N5O2/c1-2-12-16-10(7-15(26)17(12)27)6-11(30)8-13(16)20-18(28)21-14(9-31-20)24(33-25(35)32-21)34-4-3-5-36-23-19(29)22(23)34/h1,6-9,19,22-23H,3-5,30H2,(H,32,33,35)/t19-,22-,23?/m0/s1. The molecule has 6 rings (SSSR count). The molecule has 11 heteroatoms. The van der Waals surface area contributed by atoms with Gasteiger partial charge < -0.3 is 20.4 Å². The van der Waals surface area contributed by atoms with Crippen molar-refractivity contribution < 1.29 is 22.3 Å². The van der Waals surface area contributed by atoms with Crippen LogP contribution in [0.3, 0.4) is 0 Å². The number of nitrogens with zero attached hydrogens (tertiary/aromatic N) is 3. The Kier molecular flexibility index (Phi) is 4.91. The van der Waals surface area contributed by atoms with Crippen molar-refractivity contribution in [3.8, 4) is 23.6 Å². The number of aromatic nitrogens is 3. The Hall–Kier alpha value is -4.17. The first-order valence-corrected chi connectivity index (χ1v) is 11.1. The predicted octanol–water partition coefficient (Wildman–Crippen LogP) is 3.43. The summed E-state index contributed by atoms with van der Waals surface area (Å²) >= 11 is 0. The van der Waals surface area contributed by atoms with Crippen LogP contribution < -0.4 is 16.3 Å². The van der Waals surface area contributed by atoms with Crippen LogP contribution in [0.4, 0.5) is 29.1 Å². The van der Waals surface area contributed by atoms with E-state index in [1.54, 1.807) is 4.90 Å². The molecule has 1 unspecified atom stereocenters. The van der Waals surface area contributed by atoms with Gasteiger partial charge in [0, 0.05) is 36.0 Å².